The molecule has 1 aliphatic carbocycles. The third-order valence-electron chi connectivity index (χ3n) is 3.56. The van der Waals surface area contributed by atoms with Gasteiger partial charge in [-0.25, -0.2) is 0 Å². The maximum Gasteiger partial charge on any atom is 0.269 e. The van der Waals surface area contributed by atoms with E-state index in [0.29, 0.717) is 5.56 Å². The zero-order chi connectivity index (χ0) is 14.5. The highest BCUT2D eigenvalue weighted by atomic mass is 16.2. The van der Waals surface area contributed by atoms with Gasteiger partial charge in [0.2, 0.25) is 0 Å². The summed E-state index contributed by atoms with van der Waals surface area (Å²) in [6.45, 7) is 0. The number of rotatable bonds is 3. The summed E-state index contributed by atoms with van der Waals surface area (Å²) >= 11 is 0. The average molecular weight is 279 g/mol. The van der Waals surface area contributed by atoms with Crippen molar-refractivity contribution in [1.29, 1.82) is 0 Å². The third kappa shape index (κ3) is 3.11. The maximum atomic E-state index is 12.1. The van der Waals surface area contributed by atoms with Crippen molar-refractivity contribution in [2.75, 3.05) is 0 Å². The van der Waals surface area contributed by atoms with Crippen LogP contribution in [0.2, 0.25) is 0 Å². The highest BCUT2D eigenvalue weighted by Crippen LogP contribution is 2.23. The van der Waals surface area contributed by atoms with Crippen LogP contribution in [-0.2, 0) is 6.42 Å². The Morgan fingerprint density at radius 2 is 1.90 bits per heavy atom. The van der Waals surface area contributed by atoms with E-state index in [1.165, 1.54) is 5.56 Å². The summed E-state index contributed by atoms with van der Waals surface area (Å²) in [5, 5.41) is 0. The van der Waals surface area contributed by atoms with Crippen molar-refractivity contribution in [3.63, 3.8) is 0 Å². The lowest BCUT2D eigenvalue weighted by atomic mass is 10.0. The van der Waals surface area contributed by atoms with Gasteiger partial charge in [-0.15, -0.1) is 0 Å². The van der Waals surface area contributed by atoms with Crippen molar-refractivity contribution in [1.82, 2.24) is 15.8 Å². The number of fused-ring (bicyclic) bond motifs is 1. The average Bonchev–Trinajstić information content (AvgIpc) is 2.76. The molecule has 0 fully saturated rings. The molecule has 0 atom stereocenters. The molecule has 0 saturated carbocycles. The molecular weight excluding hydrogens is 262 g/mol. The Labute approximate surface area is 123 Å². The summed E-state index contributed by atoms with van der Waals surface area (Å²) in [6.07, 6.45) is 8.54. The Morgan fingerprint density at radius 1 is 1.10 bits per heavy atom. The van der Waals surface area contributed by atoms with E-state index in [2.05, 4.69) is 40.1 Å². The van der Waals surface area contributed by atoms with E-state index >= 15 is 0 Å². The number of nitrogens with zero attached hydrogens (tertiary/aromatic N) is 1. The van der Waals surface area contributed by atoms with Gasteiger partial charge in [-0.05, 0) is 37.0 Å². The molecule has 4 nitrogen and oxygen atoms in total. The topological polar surface area (TPSA) is 54.0 Å². The summed E-state index contributed by atoms with van der Waals surface area (Å²) < 4.78 is 0. The Balaban J connectivity index is 1.73. The second-order valence-electron chi connectivity index (χ2n) is 4.98. The summed E-state index contributed by atoms with van der Waals surface area (Å²) in [6, 6.07) is 11.7. The van der Waals surface area contributed by atoms with E-state index in [9.17, 15) is 4.79 Å². The van der Waals surface area contributed by atoms with Gasteiger partial charge in [0.1, 0.15) is 0 Å². The summed E-state index contributed by atoms with van der Waals surface area (Å²) in [5.74, 6) is -0.167. The van der Waals surface area contributed by atoms with Crippen molar-refractivity contribution in [3.05, 3.63) is 71.6 Å². The molecule has 1 heterocycles. The molecule has 1 amide bonds. The van der Waals surface area contributed by atoms with E-state index in [-0.39, 0.29) is 5.91 Å². The number of hydrogen-bond acceptors (Lipinski definition) is 3. The maximum absolute atomic E-state index is 12.1. The smallest absolute Gasteiger partial charge is 0.269 e. The predicted octanol–water partition coefficient (Wildman–Crippen LogP) is 2.69. The van der Waals surface area contributed by atoms with Gasteiger partial charge >= 0.3 is 0 Å². The van der Waals surface area contributed by atoms with E-state index in [1.807, 2.05) is 6.07 Å². The van der Waals surface area contributed by atoms with Gasteiger partial charge in [-0.1, -0.05) is 30.3 Å². The number of aryl methyl sites for hydroxylation is 1. The summed E-state index contributed by atoms with van der Waals surface area (Å²) in [7, 11) is 0. The number of pyridine rings is 1. The first-order valence-electron chi connectivity index (χ1n) is 7.09. The quantitative estimate of drug-likeness (QED) is 0.849. The molecule has 1 aromatic heterocycles. The Kier molecular flexibility index (Phi) is 3.96. The second kappa shape index (κ2) is 6.22. The first-order valence-corrected chi connectivity index (χ1v) is 7.09. The van der Waals surface area contributed by atoms with Crippen LogP contribution < -0.4 is 10.9 Å². The molecular formula is C17H17N3O. The molecule has 0 aliphatic heterocycles. The number of hydrogen-bond donors (Lipinski definition) is 2. The van der Waals surface area contributed by atoms with Crippen LogP contribution in [0.5, 0.6) is 0 Å². The van der Waals surface area contributed by atoms with Gasteiger partial charge in [0.15, 0.2) is 0 Å². The number of aromatic nitrogens is 1. The van der Waals surface area contributed by atoms with Crippen molar-refractivity contribution in [3.8, 4) is 0 Å². The van der Waals surface area contributed by atoms with Crippen molar-refractivity contribution in [2.45, 2.75) is 19.3 Å². The highest BCUT2D eigenvalue weighted by Gasteiger charge is 2.11. The van der Waals surface area contributed by atoms with Crippen LogP contribution in [0.25, 0.3) is 5.70 Å². The molecule has 0 unspecified atom stereocenters. The summed E-state index contributed by atoms with van der Waals surface area (Å²) in [5.41, 5.74) is 9.83. The van der Waals surface area contributed by atoms with Crippen LogP contribution in [0.4, 0.5) is 0 Å². The number of carbonyl (C=O) groups excluding carboxylic acids is 1. The fraction of sp³-hybridized carbons (Fsp3) is 0.176. The monoisotopic (exact) mass is 279 g/mol. The minimum atomic E-state index is -0.167. The number of allylic oxidation sites excluding steroid dienone is 1. The standard InChI is InChI=1S/C17H17N3O/c21-17(14-9-11-18-12-10-14)20-19-16-8-4-2-6-13-5-1-3-7-15(13)16/h1,3,5,7-12,19H,2,4,6H2,(H,20,21). The number of nitrogens with one attached hydrogen (secondary N) is 2. The van der Waals surface area contributed by atoms with Crippen molar-refractivity contribution >= 4 is 11.6 Å². The second-order valence-corrected chi connectivity index (χ2v) is 4.98. The molecule has 0 radical (unpaired) electrons. The molecule has 3 rings (SSSR count). The molecule has 21 heavy (non-hydrogen) atoms. The minimum absolute atomic E-state index is 0.167. The zero-order valence-electron chi connectivity index (χ0n) is 11.7. The highest BCUT2D eigenvalue weighted by molar-refractivity contribution is 5.94. The van der Waals surface area contributed by atoms with Gasteiger partial charge in [-0.2, -0.15) is 0 Å². The van der Waals surface area contributed by atoms with Crippen LogP contribution >= 0.6 is 0 Å². The Hall–Kier alpha value is -2.62. The fourth-order valence-corrected chi connectivity index (χ4v) is 2.47. The molecule has 2 N–H and O–H groups in total. The molecule has 1 aromatic carbocycles. The van der Waals surface area contributed by atoms with E-state index in [1.54, 1.807) is 24.5 Å². The molecule has 4 heteroatoms. The molecule has 2 aromatic rings. The largest absolute Gasteiger partial charge is 0.298 e. The fourth-order valence-electron chi connectivity index (χ4n) is 2.47. The molecule has 0 spiro atoms. The number of benzene rings is 1. The lowest BCUT2D eigenvalue weighted by Crippen LogP contribution is -2.36. The normalized spacial score (nSPS) is 13.6. The first-order chi connectivity index (χ1) is 10.3. The van der Waals surface area contributed by atoms with Crippen LogP contribution in [0, 0.1) is 0 Å². The zero-order valence-corrected chi connectivity index (χ0v) is 11.7. The Morgan fingerprint density at radius 3 is 2.76 bits per heavy atom. The Bertz CT molecular complexity index is 665. The van der Waals surface area contributed by atoms with E-state index in [4.69, 9.17) is 0 Å². The molecule has 0 saturated heterocycles. The van der Waals surface area contributed by atoms with Gasteiger partial charge in [0, 0.05) is 23.5 Å². The van der Waals surface area contributed by atoms with Gasteiger partial charge in [-0.3, -0.25) is 20.6 Å². The number of hydrazine groups is 1. The number of amides is 1. The minimum Gasteiger partial charge on any atom is -0.298 e. The predicted molar refractivity (Wildman–Crippen MR) is 82.2 cm³/mol. The summed E-state index contributed by atoms with van der Waals surface area (Å²) in [4.78, 5) is 16.0. The van der Waals surface area contributed by atoms with Gasteiger partial charge in [0.05, 0.1) is 5.70 Å². The lowest BCUT2D eigenvalue weighted by molar-refractivity contribution is 0.0942. The van der Waals surface area contributed by atoms with Crippen molar-refractivity contribution < 1.29 is 4.79 Å². The molecule has 106 valence electrons. The van der Waals surface area contributed by atoms with Crippen LogP contribution in [0.3, 0.4) is 0 Å². The van der Waals surface area contributed by atoms with Crippen LogP contribution in [0.15, 0.2) is 54.9 Å². The molecule has 1 aliphatic rings. The number of carbonyl (C=O) groups is 1. The van der Waals surface area contributed by atoms with Crippen molar-refractivity contribution in [2.24, 2.45) is 0 Å². The van der Waals surface area contributed by atoms with E-state index in [0.717, 1.165) is 30.5 Å². The van der Waals surface area contributed by atoms with Gasteiger partial charge < -0.3 is 0 Å². The molecule has 0 bridgehead atoms. The van der Waals surface area contributed by atoms with E-state index < -0.39 is 0 Å². The first kappa shape index (κ1) is 13.4. The van der Waals surface area contributed by atoms with Crippen LogP contribution in [-0.4, -0.2) is 10.9 Å². The SMILES string of the molecule is O=C(NNC1=CCCCc2ccccc21)c1ccncc1. The lowest BCUT2D eigenvalue weighted by Gasteiger charge is -2.14. The van der Waals surface area contributed by atoms with Gasteiger partial charge in [0.25, 0.3) is 5.91 Å². The third-order valence-corrected chi connectivity index (χ3v) is 3.56. The van der Waals surface area contributed by atoms with Crippen LogP contribution in [0.1, 0.15) is 34.3 Å².